The number of hydrogen-bond donors (Lipinski definition) is 0. The van der Waals surface area contributed by atoms with E-state index >= 15 is 0 Å². The quantitative estimate of drug-likeness (QED) is 0.584. The number of benzene rings is 2. The molecule has 28 heavy (non-hydrogen) atoms. The second kappa shape index (κ2) is 7.43. The number of aromatic nitrogens is 1. The van der Waals surface area contributed by atoms with Crippen LogP contribution in [-0.2, 0) is 7.05 Å². The van der Waals surface area contributed by atoms with Gasteiger partial charge in [0.2, 0.25) is 0 Å². The Kier molecular flexibility index (Phi) is 5.34. The van der Waals surface area contributed by atoms with Crippen LogP contribution in [0.4, 0.5) is 13.2 Å². The second-order valence-corrected chi connectivity index (χ2v) is 7.39. The van der Waals surface area contributed by atoms with E-state index < -0.39 is 35.0 Å². The van der Waals surface area contributed by atoms with Crippen molar-refractivity contribution >= 4 is 32.6 Å². The molecule has 0 radical (unpaired) electrons. The van der Waals surface area contributed by atoms with Crippen molar-refractivity contribution in [2.45, 2.75) is 13.0 Å². The summed E-state index contributed by atoms with van der Waals surface area (Å²) in [4.78, 5) is 26.4. The molecule has 3 rings (SSSR count). The Bertz CT molecular complexity index is 1160. The van der Waals surface area contributed by atoms with E-state index in [1.807, 2.05) is 0 Å². The molecule has 3 aromatic rings. The first kappa shape index (κ1) is 20.1. The predicted molar refractivity (Wildman–Crippen MR) is 104 cm³/mol. The number of hydrogen-bond acceptors (Lipinski definition) is 2. The number of rotatable bonds is 3. The van der Waals surface area contributed by atoms with Crippen LogP contribution in [0.2, 0.25) is 0 Å². The summed E-state index contributed by atoms with van der Waals surface area (Å²) in [6, 6.07) is 5.24. The Morgan fingerprint density at radius 1 is 1.07 bits per heavy atom. The van der Waals surface area contributed by atoms with E-state index in [9.17, 15) is 22.8 Å². The van der Waals surface area contributed by atoms with Crippen molar-refractivity contribution < 1.29 is 18.0 Å². The Labute approximate surface area is 167 Å². The van der Waals surface area contributed by atoms with Crippen LogP contribution in [0.3, 0.4) is 0 Å². The van der Waals surface area contributed by atoms with E-state index in [1.165, 1.54) is 41.9 Å². The molecular weight excluding hydrogens is 437 g/mol. The highest BCUT2D eigenvalue weighted by Crippen LogP contribution is 2.28. The molecule has 0 aliphatic carbocycles. The first-order chi connectivity index (χ1) is 13.1. The van der Waals surface area contributed by atoms with Crippen molar-refractivity contribution in [1.82, 2.24) is 9.47 Å². The van der Waals surface area contributed by atoms with Crippen LogP contribution >= 0.6 is 15.9 Å². The van der Waals surface area contributed by atoms with Crippen LogP contribution in [0.1, 0.15) is 28.9 Å². The predicted octanol–water partition coefficient (Wildman–Crippen LogP) is 4.55. The number of aryl methyl sites for hydroxylation is 1. The fourth-order valence-corrected chi connectivity index (χ4v) is 3.29. The zero-order valence-corrected chi connectivity index (χ0v) is 16.9. The molecule has 0 aliphatic heterocycles. The Hall–Kier alpha value is -2.61. The Balaban J connectivity index is 2.09. The second-order valence-electron chi connectivity index (χ2n) is 6.53. The molecule has 0 saturated carbocycles. The van der Waals surface area contributed by atoms with Gasteiger partial charge in [0.25, 0.3) is 11.5 Å². The lowest BCUT2D eigenvalue weighted by atomic mass is 10.0. The summed E-state index contributed by atoms with van der Waals surface area (Å²) in [7, 11) is 3.01. The lowest BCUT2D eigenvalue weighted by Gasteiger charge is -2.27. The number of halogens is 4. The minimum Gasteiger partial charge on any atom is -0.335 e. The minimum absolute atomic E-state index is 0.0151. The van der Waals surface area contributed by atoms with Gasteiger partial charge in [-0.05, 0) is 64.1 Å². The van der Waals surface area contributed by atoms with Gasteiger partial charge in [-0.3, -0.25) is 9.59 Å². The third-order valence-corrected chi connectivity index (χ3v) is 5.42. The van der Waals surface area contributed by atoms with E-state index in [0.717, 1.165) is 18.2 Å². The molecule has 1 heterocycles. The van der Waals surface area contributed by atoms with Crippen LogP contribution in [0, 0.1) is 17.5 Å². The van der Waals surface area contributed by atoms with Crippen LogP contribution in [0.5, 0.6) is 0 Å². The first-order valence-corrected chi connectivity index (χ1v) is 9.11. The molecule has 0 N–H and O–H groups in total. The smallest absolute Gasteiger partial charge is 0.258 e. The van der Waals surface area contributed by atoms with Crippen LogP contribution < -0.4 is 5.56 Å². The third-order valence-electron chi connectivity index (χ3n) is 4.77. The molecule has 1 aromatic heterocycles. The number of fused-ring (bicyclic) bond motifs is 1. The summed E-state index contributed by atoms with van der Waals surface area (Å²) >= 11 is 3.04. The highest BCUT2D eigenvalue weighted by atomic mass is 79.9. The van der Waals surface area contributed by atoms with Gasteiger partial charge < -0.3 is 9.47 Å². The minimum atomic E-state index is -1.12. The average molecular weight is 453 g/mol. The summed E-state index contributed by atoms with van der Waals surface area (Å²) in [6.07, 6.45) is 1.48. The molecule has 0 saturated heterocycles. The van der Waals surface area contributed by atoms with Crippen molar-refractivity contribution in [3.8, 4) is 0 Å². The molecule has 0 bridgehead atoms. The van der Waals surface area contributed by atoms with Gasteiger partial charge in [-0.25, -0.2) is 13.2 Å². The summed E-state index contributed by atoms with van der Waals surface area (Å²) in [5.74, 6) is -3.23. The monoisotopic (exact) mass is 452 g/mol. The largest absolute Gasteiger partial charge is 0.335 e. The highest BCUT2D eigenvalue weighted by molar-refractivity contribution is 9.10. The zero-order valence-electron chi connectivity index (χ0n) is 15.3. The number of carbonyl (C=O) groups excluding carboxylic acids is 1. The molecule has 8 heteroatoms. The molecule has 1 atom stereocenters. The number of nitrogens with zero attached hydrogens (tertiary/aromatic N) is 2. The van der Waals surface area contributed by atoms with Gasteiger partial charge in [0, 0.05) is 25.9 Å². The highest BCUT2D eigenvalue weighted by Gasteiger charge is 2.23. The Morgan fingerprint density at radius 3 is 2.29 bits per heavy atom. The van der Waals surface area contributed by atoms with Crippen molar-refractivity contribution in [2.75, 3.05) is 7.05 Å². The average Bonchev–Trinajstić information content (AvgIpc) is 2.66. The lowest BCUT2D eigenvalue weighted by Crippen LogP contribution is -2.31. The van der Waals surface area contributed by atoms with Gasteiger partial charge in [0.05, 0.1) is 15.9 Å². The topological polar surface area (TPSA) is 42.3 Å². The van der Waals surface area contributed by atoms with Crippen LogP contribution in [0.15, 0.2) is 45.8 Å². The van der Waals surface area contributed by atoms with E-state index in [-0.39, 0.29) is 20.8 Å². The van der Waals surface area contributed by atoms with Crippen molar-refractivity contribution in [1.29, 1.82) is 0 Å². The standard InChI is InChI=1S/C20H16BrF3N2O2/c1-10(26(3)19(27)11-4-5-15(21)16(22)6-11)14-9-25(2)20(28)13-8-18(24)17(23)7-12(13)14/h4-10H,1-3H3. The van der Waals surface area contributed by atoms with Crippen molar-refractivity contribution in [3.05, 3.63) is 79.9 Å². The maximum Gasteiger partial charge on any atom is 0.258 e. The molecule has 0 fully saturated rings. The van der Waals surface area contributed by atoms with Crippen LogP contribution in [0.25, 0.3) is 10.8 Å². The summed E-state index contributed by atoms with van der Waals surface area (Å²) in [5.41, 5.74) is 0.125. The molecule has 1 amide bonds. The molecule has 0 aliphatic rings. The maximum atomic E-state index is 13.8. The summed E-state index contributed by atoms with van der Waals surface area (Å²) < 4.78 is 42.7. The van der Waals surface area contributed by atoms with Gasteiger partial charge in [-0.1, -0.05) is 0 Å². The van der Waals surface area contributed by atoms with E-state index in [4.69, 9.17) is 0 Å². The van der Waals surface area contributed by atoms with E-state index in [1.54, 1.807) is 6.92 Å². The number of amides is 1. The van der Waals surface area contributed by atoms with Crippen molar-refractivity contribution in [2.24, 2.45) is 7.05 Å². The fraction of sp³-hybridized carbons (Fsp3) is 0.200. The maximum absolute atomic E-state index is 13.8. The molecule has 2 aromatic carbocycles. The fourth-order valence-electron chi connectivity index (χ4n) is 3.04. The van der Waals surface area contributed by atoms with Crippen LogP contribution in [-0.4, -0.2) is 22.4 Å². The van der Waals surface area contributed by atoms with E-state index in [0.29, 0.717) is 5.56 Å². The van der Waals surface area contributed by atoms with Gasteiger partial charge in [0.15, 0.2) is 11.6 Å². The SMILES string of the molecule is CC(c1cn(C)c(=O)c2cc(F)c(F)cc12)N(C)C(=O)c1ccc(Br)c(F)c1. The molecule has 1 unspecified atom stereocenters. The number of carbonyl (C=O) groups is 1. The third kappa shape index (κ3) is 3.44. The molecule has 0 spiro atoms. The van der Waals surface area contributed by atoms with E-state index in [2.05, 4.69) is 15.9 Å². The number of pyridine rings is 1. The normalized spacial score (nSPS) is 12.2. The zero-order chi connectivity index (χ0) is 20.7. The summed E-state index contributed by atoms with van der Waals surface area (Å²) in [5, 5.41) is 0.234. The molecular formula is C20H16BrF3N2O2. The molecule has 146 valence electrons. The van der Waals surface area contributed by atoms with Gasteiger partial charge >= 0.3 is 0 Å². The first-order valence-electron chi connectivity index (χ1n) is 8.32. The van der Waals surface area contributed by atoms with Crippen molar-refractivity contribution in [3.63, 3.8) is 0 Å². The lowest BCUT2D eigenvalue weighted by molar-refractivity contribution is 0.0742. The van der Waals surface area contributed by atoms with Gasteiger partial charge in [0.1, 0.15) is 5.82 Å². The van der Waals surface area contributed by atoms with Gasteiger partial charge in [-0.2, -0.15) is 0 Å². The Morgan fingerprint density at radius 2 is 1.68 bits per heavy atom. The molecule has 4 nitrogen and oxygen atoms in total. The summed E-state index contributed by atoms with van der Waals surface area (Å²) in [6.45, 7) is 1.69. The van der Waals surface area contributed by atoms with Gasteiger partial charge in [-0.15, -0.1) is 0 Å².